The fraction of sp³-hybridized carbons (Fsp3) is 0.444. The van der Waals surface area contributed by atoms with Gasteiger partial charge in [-0.15, -0.1) is 0 Å². The molecule has 18 heavy (non-hydrogen) atoms. The van der Waals surface area contributed by atoms with E-state index in [2.05, 4.69) is 15.3 Å². The summed E-state index contributed by atoms with van der Waals surface area (Å²) in [5, 5.41) is 2.48. The third-order valence-electron chi connectivity index (χ3n) is 1.74. The van der Waals surface area contributed by atoms with Gasteiger partial charge in [0.05, 0.1) is 0 Å². The van der Waals surface area contributed by atoms with Gasteiger partial charge in [-0.05, 0) is 0 Å². The second kappa shape index (κ2) is 6.62. The number of nitrogens with one attached hydrogen (secondary N) is 1. The summed E-state index contributed by atoms with van der Waals surface area (Å²) >= 11 is 0. The lowest BCUT2D eigenvalue weighted by Gasteiger charge is -2.07. The zero-order valence-electron chi connectivity index (χ0n) is 9.88. The van der Waals surface area contributed by atoms with Crippen molar-refractivity contribution in [3.8, 4) is 0 Å². The summed E-state index contributed by atoms with van der Waals surface area (Å²) in [6.45, 7) is 1.82. The van der Waals surface area contributed by atoms with Crippen molar-refractivity contribution in [2.24, 2.45) is 0 Å². The molecule has 0 aromatic carbocycles. The Morgan fingerprint density at radius 3 is 2.28 bits per heavy atom. The SMILES string of the molecule is CCC(=O)NC.Nc1ncc(C(F)(F)F)c(N)n1. The van der Waals surface area contributed by atoms with Crippen LogP contribution >= 0.6 is 0 Å². The maximum Gasteiger partial charge on any atom is 0.421 e. The minimum absolute atomic E-state index is 0.0926. The summed E-state index contributed by atoms with van der Waals surface area (Å²) < 4.78 is 35.9. The van der Waals surface area contributed by atoms with E-state index in [4.69, 9.17) is 11.5 Å². The molecule has 0 radical (unpaired) electrons. The van der Waals surface area contributed by atoms with E-state index >= 15 is 0 Å². The maximum atomic E-state index is 12.0. The number of alkyl halides is 3. The molecule has 9 heteroatoms. The molecule has 1 aromatic heterocycles. The minimum atomic E-state index is -4.53. The molecule has 0 spiro atoms. The fourth-order valence-electron chi connectivity index (χ4n) is 0.805. The van der Waals surface area contributed by atoms with Crippen molar-refractivity contribution in [2.45, 2.75) is 19.5 Å². The normalized spacial score (nSPS) is 10.3. The number of nitrogens with two attached hydrogens (primary N) is 2. The molecular weight excluding hydrogens is 251 g/mol. The van der Waals surface area contributed by atoms with Crippen molar-refractivity contribution in [3.63, 3.8) is 0 Å². The van der Waals surface area contributed by atoms with Crippen LogP contribution in [-0.4, -0.2) is 22.9 Å². The molecule has 1 heterocycles. The molecule has 0 aliphatic carbocycles. The van der Waals surface area contributed by atoms with Gasteiger partial charge in [-0.3, -0.25) is 4.79 Å². The average Bonchev–Trinajstić information content (AvgIpc) is 2.26. The number of rotatable bonds is 1. The Morgan fingerprint density at radius 1 is 1.44 bits per heavy atom. The van der Waals surface area contributed by atoms with E-state index in [0.29, 0.717) is 12.6 Å². The minimum Gasteiger partial charge on any atom is -0.383 e. The smallest absolute Gasteiger partial charge is 0.383 e. The van der Waals surface area contributed by atoms with E-state index < -0.39 is 17.6 Å². The Labute approximate surface area is 102 Å². The first-order valence-corrected chi connectivity index (χ1v) is 4.88. The van der Waals surface area contributed by atoms with Crippen molar-refractivity contribution < 1.29 is 18.0 Å². The Morgan fingerprint density at radius 2 is 2.00 bits per heavy atom. The lowest BCUT2D eigenvalue weighted by molar-refractivity contribution is -0.137. The molecule has 0 aliphatic rings. The van der Waals surface area contributed by atoms with Crippen molar-refractivity contribution in [1.29, 1.82) is 0 Å². The van der Waals surface area contributed by atoms with E-state index in [1.165, 1.54) is 0 Å². The van der Waals surface area contributed by atoms with Gasteiger partial charge in [0.1, 0.15) is 11.4 Å². The summed E-state index contributed by atoms with van der Waals surface area (Å²) in [5.74, 6) is -0.842. The number of hydrogen-bond donors (Lipinski definition) is 3. The third kappa shape index (κ3) is 5.32. The summed E-state index contributed by atoms with van der Waals surface area (Å²) in [6, 6.07) is 0. The molecule has 102 valence electrons. The molecule has 1 aromatic rings. The highest BCUT2D eigenvalue weighted by Gasteiger charge is 2.34. The zero-order chi connectivity index (χ0) is 14.3. The van der Waals surface area contributed by atoms with Gasteiger partial charge in [-0.2, -0.15) is 18.2 Å². The van der Waals surface area contributed by atoms with Gasteiger partial charge in [-0.25, -0.2) is 4.98 Å². The molecule has 6 nitrogen and oxygen atoms in total. The van der Waals surface area contributed by atoms with E-state index in [0.717, 1.165) is 0 Å². The molecule has 1 amide bonds. The Kier molecular flexibility index (Phi) is 5.86. The van der Waals surface area contributed by atoms with E-state index in [1.54, 1.807) is 7.05 Å². The second-order valence-corrected chi connectivity index (χ2v) is 3.05. The first-order valence-electron chi connectivity index (χ1n) is 4.88. The van der Waals surface area contributed by atoms with Gasteiger partial charge in [0.15, 0.2) is 0 Å². The van der Waals surface area contributed by atoms with E-state index in [-0.39, 0.29) is 11.9 Å². The molecule has 0 atom stereocenters. The van der Waals surface area contributed by atoms with Gasteiger partial charge >= 0.3 is 6.18 Å². The second-order valence-electron chi connectivity index (χ2n) is 3.05. The molecule has 0 aliphatic heterocycles. The van der Waals surface area contributed by atoms with Crippen LogP contribution in [0.15, 0.2) is 6.20 Å². The molecule has 0 saturated carbocycles. The molecule has 0 bridgehead atoms. The van der Waals surface area contributed by atoms with Crippen LogP contribution in [0.25, 0.3) is 0 Å². The van der Waals surface area contributed by atoms with Crippen LogP contribution in [0.4, 0.5) is 24.9 Å². The monoisotopic (exact) mass is 265 g/mol. The van der Waals surface area contributed by atoms with E-state index in [9.17, 15) is 18.0 Å². The lowest BCUT2D eigenvalue weighted by Crippen LogP contribution is -2.15. The van der Waals surface area contributed by atoms with Crippen LogP contribution in [-0.2, 0) is 11.0 Å². The summed E-state index contributed by atoms with van der Waals surface area (Å²) in [6.07, 6.45) is -3.40. The third-order valence-corrected chi connectivity index (χ3v) is 1.74. The van der Waals surface area contributed by atoms with Crippen molar-refractivity contribution in [2.75, 3.05) is 18.5 Å². The number of anilines is 2. The van der Waals surface area contributed by atoms with Crippen LogP contribution in [0.3, 0.4) is 0 Å². The first kappa shape index (κ1) is 15.9. The highest BCUT2D eigenvalue weighted by atomic mass is 19.4. The maximum absolute atomic E-state index is 12.0. The van der Waals surface area contributed by atoms with Crippen LogP contribution in [0, 0.1) is 0 Å². The standard InChI is InChI=1S/C5H5F3N4.C4H9NO/c6-5(7,8)2-1-11-4(10)12-3(2)9;1-3-4(6)5-2/h1H,(H4,9,10,11,12);3H2,1-2H3,(H,5,6). The van der Waals surface area contributed by atoms with Crippen LogP contribution < -0.4 is 16.8 Å². The van der Waals surface area contributed by atoms with Crippen LogP contribution in [0.2, 0.25) is 0 Å². The number of carbonyl (C=O) groups is 1. The predicted octanol–water partition coefficient (Wildman–Crippen LogP) is 0.802. The summed E-state index contributed by atoms with van der Waals surface area (Å²) in [5.41, 5.74) is 8.89. The van der Waals surface area contributed by atoms with Crippen molar-refractivity contribution in [3.05, 3.63) is 11.8 Å². The number of nitrogens with zero attached hydrogens (tertiary/aromatic N) is 2. The zero-order valence-corrected chi connectivity index (χ0v) is 9.88. The predicted molar refractivity (Wildman–Crippen MR) is 60.2 cm³/mol. The number of amides is 1. The van der Waals surface area contributed by atoms with Gasteiger partial charge in [0, 0.05) is 19.7 Å². The number of carbonyl (C=O) groups excluding carboxylic acids is 1. The van der Waals surface area contributed by atoms with Crippen LogP contribution in [0.5, 0.6) is 0 Å². The molecule has 1 rings (SSSR count). The Bertz CT molecular complexity index is 402. The molecular formula is C9H14F3N5O. The van der Waals surface area contributed by atoms with E-state index in [1.807, 2.05) is 6.92 Å². The number of hydrogen-bond acceptors (Lipinski definition) is 5. The highest BCUT2D eigenvalue weighted by molar-refractivity contribution is 5.74. The van der Waals surface area contributed by atoms with Gasteiger partial charge < -0.3 is 16.8 Å². The molecule has 0 saturated heterocycles. The highest BCUT2D eigenvalue weighted by Crippen LogP contribution is 2.31. The first-order chi connectivity index (χ1) is 8.22. The number of halogens is 3. The molecule has 0 unspecified atom stereocenters. The van der Waals surface area contributed by atoms with Crippen molar-refractivity contribution in [1.82, 2.24) is 15.3 Å². The Balaban J connectivity index is 0.000000411. The topological polar surface area (TPSA) is 107 Å². The lowest BCUT2D eigenvalue weighted by atomic mass is 10.3. The number of nitrogen functional groups attached to an aromatic ring is 2. The van der Waals surface area contributed by atoms with Crippen molar-refractivity contribution >= 4 is 17.7 Å². The Hall–Kier alpha value is -2.06. The molecule has 0 fully saturated rings. The van der Waals surface area contributed by atoms with Gasteiger partial charge in [0.2, 0.25) is 11.9 Å². The van der Waals surface area contributed by atoms with Gasteiger partial charge in [-0.1, -0.05) is 6.92 Å². The number of aromatic nitrogens is 2. The summed E-state index contributed by atoms with van der Waals surface area (Å²) in [4.78, 5) is 16.4. The average molecular weight is 265 g/mol. The van der Waals surface area contributed by atoms with Crippen LogP contribution in [0.1, 0.15) is 18.9 Å². The largest absolute Gasteiger partial charge is 0.421 e. The fourth-order valence-corrected chi connectivity index (χ4v) is 0.805. The molecule has 5 N–H and O–H groups in total. The summed E-state index contributed by atoms with van der Waals surface area (Å²) in [7, 11) is 1.63. The quantitative estimate of drug-likeness (QED) is 0.696. The van der Waals surface area contributed by atoms with Gasteiger partial charge in [0.25, 0.3) is 0 Å².